The van der Waals surface area contributed by atoms with Crippen LogP contribution in [0.4, 0.5) is 0 Å². The highest BCUT2D eigenvalue weighted by Gasteiger charge is 2.37. The minimum absolute atomic E-state index is 0.0819. The van der Waals surface area contributed by atoms with Gasteiger partial charge in [-0.3, -0.25) is 24.1 Å². The lowest BCUT2D eigenvalue weighted by Gasteiger charge is -2.35. The van der Waals surface area contributed by atoms with Crippen LogP contribution >= 0.6 is 0 Å². The van der Waals surface area contributed by atoms with E-state index in [0.29, 0.717) is 42.9 Å². The van der Waals surface area contributed by atoms with Crippen LogP contribution in [-0.4, -0.2) is 75.6 Å². The second-order valence-electron chi connectivity index (χ2n) is 8.05. The van der Waals surface area contributed by atoms with Crippen molar-refractivity contribution in [2.24, 2.45) is 0 Å². The molecule has 4 amide bonds. The van der Waals surface area contributed by atoms with Crippen molar-refractivity contribution >= 4 is 23.6 Å². The summed E-state index contributed by atoms with van der Waals surface area (Å²) in [6.07, 6.45) is 3.88. The van der Waals surface area contributed by atoms with Gasteiger partial charge in [-0.15, -0.1) is 0 Å². The van der Waals surface area contributed by atoms with Crippen molar-refractivity contribution < 1.29 is 19.2 Å². The number of carbonyl (C=O) groups excluding carboxylic acids is 4. The molecule has 0 saturated carbocycles. The van der Waals surface area contributed by atoms with Gasteiger partial charge in [0.05, 0.1) is 11.1 Å². The van der Waals surface area contributed by atoms with Crippen LogP contribution in [0.5, 0.6) is 0 Å². The molecular formula is C25H22N4O4. The van der Waals surface area contributed by atoms with Crippen LogP contribution in [0.15, 0.2) is 73.1 Å². The van der Waals surface area contributed by atoms with E-state index in [1.54, 1.807) is 46.2 Å². The van der Waals surface area contributed by atoms with Gasteiger partial charge in [-0.1, -0.05) is 12.1 Å². The summed E-state index contributed by atoms with van der Waals surface area (Å²) in [5.41, 5.74) is 2.22. The molecule has 1 saturated heterocycles. The van der Waals surface area contributed by atoms with E-state index in [-0.39, 0.29) is 18.4 Å². The molecule has 2 aliphatic heterocycles. The van der Waals surface area contributed by atoms with Crippen LogP contribution in [-0.2, 0) is 4.79 Å². The molecule has 0 unspecified atom stereocenters. The first-order chi connectivity index (χ1) is 16.0. The van der Waals surface area contributed by atoms with E-state index in [1.165, 1.54) is 0 Å². The number of hydrogen-bond acceptors (Lipinski definition) is 4. The Balaban J connectivity index is 1.17. The average Bonchev–Trinajstić information content (AvgIpc) is 3.48. The van der Waals surface area contributed by atoms with E-state index in [0.717, 1.165) is 10.6 Å². The maximum absolute atomic E-state index is 12.9. The molecule has 1 aromatic heterocycles. The lowest BCUT2D eigenvalue weighted by Crippen LogP contribution is -2.53. The highest BCUT2D eigenvalue weighted by Crippen LogP contribution is 2.22. The number of piperazine rings is 1. The fourth-order valence-corrected chi connectivity index (χ4v) is 4.24. The minimum Gasteiger partial charge on any atom is -0.338 e. The fraction of sp³-hybridized carbons (Fsp3) is 0.200. The number of nitrogens with zero attached hydrogens (tertiary/aromatic N) is 4. The second kappa shape index (κ2) is 8.38. The van der Waals surface area contributed by atoms with Gasteiger partial charge >= 0.3 is 0 Å². The summed E-state index contributed by atoms with van der Waals surface area (Å²) >= 11 is 0. The van der Waals surface area contributed by atoms with Gasteiger partial charge in [0.25, 0.3) is 17.7 Å². The summed E-state index contributed by atoms with van der Waals surface area (Å²) < 4.78 is 1.97. The third-order valence-electron chi connectivity index (χ3n) is 6.11. The molecule has 8 nitrogen and oxygen atoms in total. The van der Waals surface area contributed by atoms with Crippen molar-refractivity contribution in [3.05, 3.63) is 89.7 Å². The molecule has 1 fully saturated rings. The smallest absolute Gasteiger partial charge is 0.262 e. The predicted molar refractivity (Wildman–Crippen MR) is 120 cm³/mol. The lowest BCUT2D eigenvalue weighted by atomic mass is 10.1. The van der Waals surface area contributed by atoms with Gasteiger partial charge in [0.15, 0.2) is 0 Å². The molecule has 3 aromatic rings. The Morgan fingerprint density at radius 2 is 1.24 bits per heavy atom. The molecule has 2 aliphatic rings. The molecule has 0 bridgehead atoms. The Hall–Kier alpha value is -4.20. The second-order valence-corrected chi connectivity index (χ2v) is 8.05. The SMILES string of the molecule is O=C(CN1C(=O)c2ccccc2C1=O)N1CCN(C(=O)c2ccc(-n3cccc3)cc2)CC1. The van der Waals surface area contributed by atoms with Crippen LogP contribution in [0, 0.1) is 0 Å². The summed E-state index contributed by atoms with van der Waals surface area (Å²) in [7, 11) is 0. The predicted octanol–water partition coefficient (Wildman–Crippen LogP) is 2.06. The number of carbonyl (C=O) groups is 4. The molecule has 0 aliphatic carbocycles. The molecule has 166 valence electrons. The van der Waals surface area contributed by atoms with Crippen molar-refractivity contribution in [1.82, 2.24) is 19.3 Å². The zero-order valence-electron chi connectivity index (χ0n) is 17.9. The zero-order chi connectivity index (χ0) is 22.9. The number of aromatic nitrogens is 1. The Kier molecular flexibility index (Phi) is 5.26. The van der Waals surface area contributed by atoms with Crippen LogP contribution in [0.25, 0.3) is 5.69 Å². The van der Waals surface area contributed by atoms with Crippen LogP contribution < -0.4 is 0 Å². The molecule has 0 atom stereocenters. The highest BCUT2D eigenvalue weighted by atomic mass is 16.2. The first kappa shape index (κ1) is 20.7. The minimum atomic E-state index is -0.443. The van der Waals surface area contributed by atoms with Crippen molar-refractivity contribution in [3.8, 4) is 5.69 Å². The van der Waals surface area contributed by atoms with E-state index in [4.69, 9.17) is 0 Å². The maximum atomic E-state index is 12.9. The van der Waals surface area contributed by atoms with Gasteiger partial charge in [0.2, 0.25) is 5.91 Å². The number of hydrogen-bond donors (Lipinski definition) is 0. The molecule has 2 aromatic carbocycles. The Morgan fingerprint density at radius 1 is 0.697 bits per heavy atom. The summed E-state index contributed by atoms with van der Waals surface area (Å²) in [5, 5.41) is 0. The topological polar surface area (TPSA) is 82.9 Å². The van der Waals surface area contributed by atoms with Crippen molar-refractivity contribution in [2.75, 3.05) is 32.7 Å². The lowest BCUT2D eigenvalue weighted by molar-refractivity contribution is -0.132. The van der Waals surface area contributed by atoms with Gasteiger partial charge in [-0.05, 0) is 48.5 Å². The molecular weight excluding hydrogens is 420 g/mol. The van der Waals surface area contributed by atoms with Crippen molar-refractivity contribution in [3.63, 3.8) is 0 Å². The molecule has 0 radical (unpaired) electrons. The van der Waals surface area contributed by atoms with Gasteiger partial charge in [0.1, 0.15) is 6.54 Å². The number of benzene rings is 2. The number of amides is 4. The van der Waals surface area contributed by atoms with Crippen molar-refractivity contribution in [2.45, 2.75) is 0 Å². The third-order valence-corrected chi connectivity index (χ3v) is 6.11. The van der Waals surface area contributed by atoms with Gasteiger partial charge < -0.3 is 14.4 Å². The monoisotopic (exact) mass is 442 g/mol. The summed E-state index contributed by atoms with van der Waals surface area (Å²) in [6, 6.07) is 17.9. The van der Waals surface area contributed by atoms with Crippen LogP contribution in [0.2, 0.25) is 0 Å². The third kappa shape index (κ3) is 3.80. The van der Waals surface area contributed by atoms with Gasteiger partial charge in [-0.25, -0.2) is 0 Å². The van der Waals surface area contributed by atoms with E-state index in [1.807, 2.05) is 41.2 Å². The van der Waals surface area contributed by atoms with Gasteiger partial charge in [0, 0.05) is 49.8 Å². The highest BCUT2D eigenvalue weighted by molar-refractivity contribution is 6.22. The summed E-state index contributed by atoms with van der Waals surface area (Å²) in [6.45, 7) is 1.21. The van der Waals surface area contributed by atoms with E-state index >= 15 is 0 Å². The Bertz CT molecular complexity index is 1190. The van der Waals surface area contributed by atoms with E-state index in [2.05, 4.69) is 0 Å². The molecule has 8 heteroatoms. The van der Waals surface area contributed by atoms with E-state index < -0.39 is 11.8 Å². The standard InChI is InChI=1S/C25H22N4O4/c30-22(17-29-24(32)20-5-1-2-6-21(20)25(29)33)27-13-15-28(16-14-27)23(31)18-7-9-19(10-8-18)26-11-3-4-12-26/h1-12H,13-17H2. The molecule has 0 spiro atoms. The molecule has 0 N–H and O–H groups in total. The molecule has 5 rings (SSSR count). The maximum Gasteiger partial charge on any atom is 0.262 e. The number of fused-ring (bicyclic) bond motifs is 1. The molecule has 33 heavy (non-hydrogen) atoms. The average molecular weight is 442 g/mol. The number of rotatable bonds is 4. The normalized spacial score (nSPS) is 15.7. The summed E-state index contributed by atoms with van der Waals surface area (Å²) in [4.78, 5) is 55.0. The van der Waals surface area contributed by atoms with Crippen LogP contribution in [0.3, 0.4) is 0 Å². The van der Waals surface area contributed by atoms with Crippen LogP contribution in [0.1, 0.15) is 31.1 Å². The first-order valence-corrected chi connectivity index (χ1v) is 10.8. The van der Waals surface area contributed by atoms with Gasteiger partial charge in [-0.2, -0.15) is 0 Å². The molecule has 3 heterocycles. The first-order valence-electron chi connectivity index (χ1n) is 10.8. The van der Waals surface area contributed by atoms with Crippen molar-refractivity contribution in [1.29, 1.82) is 0 Å². The van der Waals surface area contributed by atoms with E-state index in [9.17, 15) is 19.2 Å². The number of imide groups is 1. The summed E-state index contributed by atoms with van der Waals surface area (Å²) in [5.74, 6) is -1.27. The fourth-order valence-electron chi connectivity index (χ4n) is 4.24. The Morgan fingerprint density at radius 3 is 1.82 bits per heavy atom. The quantitative estimate of drug-likeness (QED) is 0.579. The Labute approximate surface area is 190 Å². The zero-order valence-corrected chi connectivity index (χ0v) is 17.9. The largest absolute Gasteiger partial charge is 0.338 e.